The molecule has 2 aromatic rings. The first kappa shape index (κ1) is 15.2. The van der Waals surface area contributed by atoms with E-state index in [1.165, 1.54) is 0 Å². The first-order valence-electron chi connectivity index (χ1n) is 6.52. The molecule has 0 bridgehead atoms. The highest BCUT2D eigenvalue weighted by Gasteiger charge is 2.05. The number of nitrogens with one attached hydrogen (secondary N) is 2. The van der Waals surface area contributed by atoms with Crippen molar-refractivity contribution in [2.24, 2.45) is 0 Å². The fourth-order valence-corrected chi connectivity index (χ4v) is 2.18. The molecule has 0 aliphatic heterocycles. The smallest absolute Gasteiger partial charge is 0.319 e. The van der Waals surface area contributed by atoms with Crippen molar-refractivity contribution in [1.29, 1.82) is 0 Å². The number of benzene rings is 2. The summed E-state index contributed by atoms with van der Waals surface area (Å²) in [5, 5.41) is 5.98. The molecule has 2 rings (SSSR count). The van der Waals surface area contributed by atoms with E-state index in [0.717, 1.165) is 11.1 Å². The molecule has 2 amide bonds. The van der Waals surface area contributed by atoms with Gasteiger partial charge in [0.15, 0.2) is 0 Å². The SMILES string of the molecule is COc1ccc(NC(=O)NCc2cccc(C)c2)cc1Cl. The maximum atomic E-state index is 11.8. The Kier molecular flexibility index (Phi) is 5.06. The standard InChI is InChI=1S/C16H17ClN2O2/c1-11-4-3-5-12(8-11)10-18-16(20)19-13-6-7-15(21-2)14(17)9-13/h3-9H,10H2,1-2H3,(H2,18,19,20). The van der Waals surface area contributed by atoms with Gasteiger partial charge in [-0.1, -0.05) is 41.4 Å². The molecule has 21 heavy (non-hydrogen) atoms. The number of carbonyl (C=O) groups is 1. The summed E-state index contributed by atoms with van der Waals surface area (Å²) < 4.78 is 5.06. The lowest BCUT2D eigenvalue weighted by molar-refractivity contribution is 0.251. The second-order valence-corrected chi connectivity index (χ2v) is 5.05. The van der Waals surface area contributed by atoms with Gasteiger partial charge in [-0.2, -0.15) is 0 Å². The number of halogens is 1. The number of anilines is 1. The van der Waals surface area contributed by atoms with Crippen LogP contribution in [0.1, 0.15) is 11.1 Å². The van der Waals surface area contributed by atoms with Crippen LogP contribution in [0.25, 0.3) is 0 Å². The second kappa shape index (κ2) is 6.99. The quantitative estimate of drug-likeness (QED) is 0.897. The van der Waals surface area contributed by atoms with Crippen molar-refractivity contribution in [3.63, 3.8) is 0 Å². The van der Waals surface area contributed by atoms with Gasteiger partial charge in [-0.15, -0.1) is 0 Å². The van der Waals surface area contributed by atoms with Crippen LogP contribution in [0.15, 0.2) is 42.5 Å². The Morgan fingerprint density at radius 3 is 2.71 bits per heavy atom. The number of urea groups is 1. The van der Waals surface area contributed by atoms with E-state index in [1.807, 2.05) is 31.2 Å². The van der Waals surface area contributed by atoms with Gasteiger partial charge in [-0.25, -0.2) is 4.79 Å². The monoisotopic (exact) mass is 304 g/mol. The van der Waals surface area contributed by atoms with Gasteiger partial charge in [-0.05, 0) is 30.7 Å². The fourth-order valence-electron chi connectivity index (χ4n) is 1.92. The van der Waals surface area contributed by atoms with Crippen molar-refractivity contribution >= 4 is 23.3 Å². The number of hydrogen-bond acceptors (Lipinski definition) is 2. The lowest BCUT2D eigenvalue weighted by Crippen LogP contribution is -2.28. The first-order chi connectivity index (χ1) is 10.1. The number of carbonyl (C=O) groups excluding carboxylic acids is 1. The number of methoxy groups -OCH3 is 1. The van der Waals surface area contributed by atoms with Crippen molar-refractivity contribution in [1.82, 2.24) is 5.32 Å². The largest absolute Gasteiger partial charge is 0.495 e. The molecule has 0 aromatic heterocycles. The molecule has 0 fully saturated rings. The number of aryl methyl sites for hydroxylation is 1. The lowest BCUT2D eigenvalue weighted by Gasteiger charge is -2.09. The van der Waals surface area contributed by atoms with Crippen LogP contribution in [0.4, 0.5) is 10.5 Å². The average molecular weight is 305 g/mol. The number of rotatable bonds is 4. The van der Waals surface area contributed by atoms with Gasteiger partial charge in [0.25, 0.3) is 0 Å². The molecule has 0 saturated carbocycles. The molecule has 0 heterocycles. The third kappa shape index (κ3) is 4.39. The second-order valence-electron chi connectivity index (χ2n) is 4.65. The van der Waals surface area contributed by atoms with Gasteiger partial charge < -0.3 is 15.4 Å². The maximum absolute atomic E-state index is 11.8. The highest BCUT2D eigenvalue weighted by Crippen LogP contribution is 2.27. The van der Waals surface area contributed by atoms with E-state index in [0.29, 0.717) is 23.0 Å². The Hall–Kier alpha value is -2.20. The van der Waals surface area contributed by atoms with Crippen molar-refractivity contribution in [2.45, 2.75) is 13.5 Å². The highest BCUT2D eigenvalue weighted by atomic mass is 35.5. The van der Waals surface area contributed by atoms with Crippen LogP contribution in [0.3, 0.4) is 0 Å². The molecule has 0 aliphatic carbocycles. The molecule has 0 radical (unpaired) electrons. The van der Waals surface area contributed by atoms with Crippen LogP contribution in [-0.4, -0.2) is 13.1 Å². The molecule has 0 unspecified atom stereocenters. The van der Waals surface area contributed by atoms with Gasteiger partial charge in [0.2, 0.25) is 0 Å². The van der Waals surface area contributed by atoms with Crippen molar-refractivity contribution < 1.29 is 9.53 Å². The molecule has 0 aliphatic rings. The van der Waals surface area contributed by atoms with Crippen LogP contribution in [0, 0.1) is 6.92 Å². The van der Waals surface area contributed by atoms with Crippen LogP contribution < -0.4 is 15.4 Å². The van der Waals surface area contributed by atoms with Crippen LogP contribution in [0.2, 0.25) is 5.02 Å². The summed E-state index contributed by atoms with van der Waals surface area (Å²) in [7, 11) is 1.54. The third-order valence-corrected chi connectivity index (χ3v) is 3.24. The number of hydrogen-bond donors (Lipinski definition) is 2. The highest BCUT2D eigenvalue weighted by molar-refractivity contribution is 6.32. The molecule has 0 atom stereocenters. The van der Waals surface area contributed by atoms with Crippen molar-refractivity contribution in [3.8, 4) is 5.75 Å². The maximum Gasteiger partial charge on any atom is 0.319 e. The molecule has 2 N–H and O–H groups in total. The van der Waals surface area contributed by atoms with Crippen LogP contribution in [0.5, 0.6) is 5.75 Å². The third-order valence-electron chi connectivity index (χ3n) is 2.95. The van der Waals surface area contributed by atoms with Gasteiger partial charge >= 0.3 is 6.03 Å². The van der Waals surface area contributed by atoms with E-state index >= 15 is 0 Å². The van der Waals surface area contributed by atoms with Gasteiger partial charge in [0, 0.05) is 12.2 Å². The summed E-state index contributed by atoms with van der Waals surface area (Å²) in [6.07, 6.45) is 0. The molecule has 0 spiro atoms. The summed E-state index contributed by atoms with van der Waals surface area (Å²) in [6.45, 7) is 2.49. The number of ether oxygens (including phenoxy) is 1. The predicted molar refractivity (Wildman–Crippen MR) is 85.0 cm³/mol. The Bertz CT molecular complexity index is 644. The minimum atomic E-state index is -0.280. The number of amides is 2. The minimum Gasteiger partial charge on any atom is -0.495 e. The normalized spacial score (nSPS) is 10.0. The molecule has 5 heteroatoms. The molecular weight excluding hydrogens is 288 g/mol. The lowest BCUT2D eigenvalue weighted by atomic mass is 10.1. The van der Waals surface area contributed by atoms with Crippen LogP contribution >= 0.6 is 11.6 Å². The van der Waals surface area contributed by atoms with E-state index in [4.69, 9.17) is 16.3 Å². The van der Waals surface area contributed by atoms with Crippen molar-refractivity contribution in [3.05, 3.63) is 58.6 Å². The van der Waals surface area contributed by atoms with E-state index < -0.39 is 0 Å². The van der Waals surface area contributed by atoms with Crippen LogP contribution in [-0.2, 0) is 6.54 Å². The molecule has 4 nitrogen and oxygen atoms in total. The molecular formula is C16H17ClN2O2. The van der Waals surface area contributed by atoms with E-state index in [2.05, 4.69) is 10.6 Å². The van der Waals surface area contributed by atoms with Gasteiger partial charge in [-0.3, -0.25) is 0 Å². The van der Waals surface area contributed by atoms with Gasteiger partial charge in [0.05, 0.1) is 12.1 Å². The zero-order valence-electron chi connectivity index (χ0n) is 11.9. The molecule has 0 saturated heterocycles. The summed E-state index contributed by atoms with van der Waals surface area (Å²) in [6, 6.07) is 12.8. The Morgan fingerprint density at radius 1 is 1.24 bits per heavy atom. The summed E-state index contributed by atoms with van der Waals surface area (Å²) in [5.74, 6) is 0.572. The Labute approximate surface area is 129 Å². The predicted octanol–water partition coefficient (Wildman–Crippen LogP) is 3.98. The Morgan fingerprint density at radius 2 is 2.05 bits per heavy atom. The van der Waals surface area contributed by atoms with E-state index in [1.54, 1.807) is 25.3 Å². The summed E-state index contributed by atoms with van der Waals surface area (Å²) in [5.41, 5.74) is 2.83. The molecule has 110 valence electrons. The Balaban J connectivity index is 1.91. The zero-order valence-corrected chi connectivity index (χ0v) is 12.7. The van der Waals surface area contributed by atoms with E-state index in [9.17, 15) is 4.79 Å². The molecule has 2 aromatic carbocycles. The topological polar surface area (TPSA) is 50.4 Å². The average Bonchev–Trinajstić information content (AvgIpc) is 2.45. The summed E-state index contributed by atoms with van der Waals surface area (Å²) >= 11 is 6.01. The zero-order chi connectivity index (χ0) is 15.2. The summed E-state index contributed by atoms with van der Waals surface area (Å²) in [4.78, 5) is 11.8. The fraction of sp³-hybridized carbons (Fsp3) is 0.188. The van der Waals surface area contributed by atoms with E-state index in [-0.39, 0.29) is 6.03 Å². The minimum absolute atomic E-state index is 0.280. The van der Waals surface area contributed by atoms with Gasteiger partial charge in [0.1, 0.15) is 5.75 Å². The van der Waals surface area contributed by atoms with Crippen molar-refractivity contribution in [2.75, 3.05) is 12.4 Å². The first-order valence-corrected chi connectivity index (χ1v) is 6.90.